The maximum Gasteiger partial charge on any atom is 0.354 e. The molecule has 0 spiro atoms. The minimum Gasteiger partial charge on any atom is -0.464 e. The molecule has 1 aromatic rings. The van der Waals surface area contributed by atoms with Crippen molar-refractivity contribution >= 4 is 5.97 Å². The molecule has 5 nitrogen and oxygen atoms in total. The second-order valence-electron chi connectivity index (χ2n) is 4.36. The van der Waals surface area contributed by atoms with Gasteiger partial charge in [-0.2, -0.15) is 0 Å². The standard InChI is InChI=1S/C12H19N3O2/c1-14-8-10(7-11(14)12(16)17-2)9-15-5-3-13-4-6-15/h7-8,13H,3-6,9H2,1-2H3. The Morgan fingerprint density at radius 3 is 2.82 bits per heavy atom. The van der Waals surface area contributed by atoms with Crippen LogP contribution in [0.1, 0.15) is 16.1 Å². The first-order valence-electron chi connectivity index (χ1n) is 5.87. The van der Waals surface area contributed by atoms with Crippen LogP contribution >= 0.6 is 0 Å². The molecule has 0 radical (unpaired) electrons. The molecular weight excluding hydrogens is 218 g/mol. The number of hydrogen-bond donors (Lipinski definition) is 1. The predicted molar refractivity (Wildman–Crippen MR) is 64.9 cm³/mol. The van der Waals surface area contributed by atoms with Gasteiger partial charge in [-0.25, -0.2) is 4.79 Å². The SMILES string of the molecule is COC(=O)c1cc(CN2CCNCC2)cn1C. The Morgan fingerprint density at radius 2 is 2.18 bits per heavy atom. The lowest BCUT2D eigenvalue weighted by Gasteiger charge is -2.26. The zero-order valence-corrected chi connectivity index (χ0v) is 10.4. The Kier molecular flexibility index (Phi) is 3.81. The van der Waals surface area contributed by atoms with Gasteiger partial charge < -0.3 is 14.6 Å². The fourth-order valence-corrected chi connectivity index (χ4v) is 2.15. The molecule has 17 heavy (non-hydrogen) atoms. The lowest BCUT2D eigenvalue weighted by molar-refractivity contribution is 0.0590. The summed E-state index contributed by atoms with van der Waals surface area (Å²) in [5, 5.41) is 3.32. The highest BCUT2D eigenvalue weighted by atomic mass is 16.5. The van der Waals surface area contributed by atoms with Crippen molar-refractivity contribution in [3.63, 3.8) is 0 Å². The zero-order valence-electron chi connectivity index (χ0n) is 10.4. The third-order valence-electron chi connectivity index (χ3n) is 3.07. The zero-order chi connectivity index (χ0) is 12.3. The van der Waals surface area contributed by atoms with E-state index in [1.807, 2.05) is 23.9 Å². The van der Waals surface area contributed by atoms with Crippen molar-refractivity contribution in [3.8, 4) is 0 Å². The molecule has 0 amide bonds. The molecule has 1 aromatic heterocycles. The quantitative estimate of drug-likeness (QED) is 0.764. The van der Waals surface area contributed by atoms with Gasteiger partial charge in [0.15, 0.2) is 0 Å². The molecular formula is C12H19N3O2. The van der Waals surface area contributed by atoms with E-state index < -0.39 is 0 Å². The van der Waals surface area contributed by atoms with Crippen molar-refractivity contribution in [1.82, 2.24) is 14.8 Å². The van der Waals surface area contributed by atoms with Crippen molar-refractivity contribution in [2.45, 2.75) is 6.54 Å². The van der Waals surface area contributed by atoms with Gasteiger partial charge in [-0.3, -0.25) is 4.90 Å². The molecule has 5 heteroatoms. The number of piperazine rings is 1. The highest BCUT2D eigenvalue weighted by molar-refractivity contribution is 5.87. The predicted octanol–water partition coefficient (Wildman–Crippen LogP) is 0.217. The van der Waals surface area contributed by atoms with Crippen LogP contribution in [-0.4, -0.2) is 48.7 Å². The normalized spacial score (nSPS) is 17.1. The topological polar surface area (TPSA) is 46.5 Å². The van der Waals surface area contributed by atoms with E-state index in [1.165, 1.54) is 7.11 Å². The minimum atomic E-state index is -0.279. The molecule has 1 fully saturated rings. The Bertz CT molecular complexity index is 394. The number of esters is 1. The largest absolute Gasteiger partial charge is 0.464 e. The maximum atomic E-state index is 11.5. The van der Waals surface area contributed by atoms with Gasteiger partial charge in [0.05, 0.1) is 7.11 Å². The molecule has 2 heterocycles. The van der Waals surface area contributed by atoms with Gasteiger partial charge in [-0.15, -0.1) is 0 Å². The first-order chi connectivity index (χ1) is 8.20. The van der Waals surface area contributed by atoms with E-state index in [-0.39, 0.29) is 5.97 Å². The summed E-state index contributed by atoms with van der Waals surface area (Å²) in [4.78, 5) is 13.9. The third kappa shape index (κ3) is 2.87. The van der Waals surface area contributed by atoms with Crippen molar-refractivity contribution in [1.29, 1.82) is 0 Å². The Balaban J connectivity index is 2.03. The van der Waals surface area contributed by atoms with Gasteiger partial charge in [-0.1, -0.05) is 0 Å². The first kappa shape index (κ1) is 12.1. The number of nitrogens with zero attached hydrogens (tertiary/aromatic N) is 2. The molecule has 1 aliphatic heterocycles. The first-order valence-corrected chi connectivity index (χ1v) is 5.87. The monoisotopic (exact) mass is 237 g/mol. The average Bonchev–Trinajstić information content (AvgIpc) is 2.70. The van der Waals surface area contributed by atoms with Crippen molar-refractivity contribution < 1.29 is 9.53 Å². The van der Waals surface area contributed by atoms with E-state index in [2.05, 4.69) is 10.2 Å². The van der Waals surface area contributed by atoms with Crippen molar-refractivity contribution in [3.05, 3.63) is 23.5 Å². The number of carbonyl (C=O) groups is 1. The van der Waals surface area contributed by atoms with Crippen LogP contribution in [0.5, 0.6) is 0 Å². The third-order valence-corrected chi connectivity index (χ3v) is 3.07. The summed E-state index contributed by atoms with van der Waals surface area (Å²) in [6, 6.07) is 1.91. The second-order valence-corrected chi connectivity index (χ2v) is 4.36. The molecule has 0 aromatic carbocycles. The summed E-state index contributed by atoms with van der Waals surface area (Å²) in [5.41, 5.74) is 1.77. The summed E-state index contributed by atoms with van der Waals surface area (Å²) in [5.74, 6) is -0.279. The number of nitrogens with one attached hydrogen (secondary N) is 1. The molecule has 0 aliphatic carbocycles. The summed E-state index contributed by atoms with van der Waals surface area (Å²) >= 11 is 0. The Morgan fingerprint density at radius 1 is 1.47 bits per heavy atom. The fourth-order valence-electron chi connectivity index (χ4n) is 2.15. The van der Waals surface area contributed by atoms with Gasteiger partial charge in [-0.05, 0) is 11.6 Å². The molecule has 0 bridgehead atoms. The summed E-state index contributed by atoms with van der Waals surface area (Å²) < 4.78 is 6.56. The van der Waals surface area contributed by atoms with Crippen LogP contribution in [0, 0.1) is 0 Å². The number of methoxy groups -OCH3 is 1. The molecule has 1 N–H and O–H groups in total. The fraction of sp³-hybridized carbons (Fsp3) is 0.583. The molecule has 1 saturated heterocycles. The van der Waals surface area contributed by atoms with Crippen LogP contribution < -0.4 is 5.32 Å². The summed E-state index contributed by atoms with van der Waals surface area (Å²) in [6.07, 6.45) is 1.99. The van der Waals surface area contributed by atoms with E-state index >= 15 is 0 Å². The van der Waals surface area contributed by atoms with Gasteiger partial charge in [0.2, 0.25) is 0 Å². The lowest BCUT2D eigenvalue weighted by Crippen LogP contribution is -2.42. The van der Waals surface area contributed by atoms with Gasteiger partial charge >= 0.3 is 5.97 Å². The van der Waals surface area contributed by atoms with Crippen molar-refractivity contribution in [2.24, 2.45) is 7.05 Å². The van der Waals surface area contributed by atoms with E-state index in [4.69, 9.17) is 4.74 Å². The van der Waals surface area contributed by atoms with Crippen LogP contribution in [0.3, 0.4) is 0 Å². The highest BCUT2D eigenvalue weighted by Crippen LogP contribution is 2.11. The van der Waals surface area contributed by atoms with E-state index in [9.17, 15) is 4.79 Å². The Hall–Kier alpha value is -1.33. The maximum absolute atomic E-state index is 11.5. The van der Waals surface area contributed by atoms with Crippen LogP contribution in [0.15, 0.2) is 12.3 Å². The Labute approximate surface area is 101 Å². The van der Waals surface area contributed by atoms with Gasteiger partial charge in [0, 0.05) is 46.0 Å². The second kappa shape index (κ2) is 5.33. The summed E-state index contributed by atoms with van der Waals surface area (Å²) in [7, 11) is 3.28. The number of aryl methyl sites for hydroxylation is 1. The number of carbonyl (C=O) groups excluding carboxylic acids is 1. The van der Waals surface area contributed by atoms with E-state index in [1.54, 1.807) is 0 Å². The molecule has 0 saturated carbocycles. The number of aromatic nitrogens is 1. The molecule has 1 aliphatic rings. The van der Waals surface area contributed by atoms with E-state index in [0.29, 0.717) is 5.69 Å². The smallest absolute Gasteiger partial charge is 0.354 e. The molecule has 0 atom stereocenters. The average molecular weight is 237 g/mol. The number of rotatable bonds is 3. The molecule has 2 rings (SSSR count). The highest BCUT2D eigenvalue weighted by Gasteiger charge is 2.15. The van der Waals surface area contributed by atoms with Crippen LogP contribution in [0.4, 0.5) is 0 Å². The van der Waals surface area contributed by atoms with Gasteiger partial charge in [0.25, 0.3) is 0 Å². The number of hydrogen-bond acceptors (Lipinski definition) is 4. The molecule has 0 unspecified atom stereocenters. The molecule has 94 valence electrons. The van der Waals surface area contributed by atoms with Crippen LogP contribution in [-0.2, 0) is 18.3 Å². The van der Waals surface area contributed by atoms with Crippen LogP contribution in [0.2, 0.25) is 0 Å². The van der Waals surface area contributed by atoms with E-state index in [0.717, 1.165) is 38.3 Å². The number of ether oxygens (including phenoxy) is 1. The lowest BCUT2D eigenvalue weighted by atomic mass is 10.2. The minimum absolute atomic E-state index is 0.279. The van der Waals surface area contributed by atoms with Gasteiger partial charge in [0.1, 0.15) is 5.69 Å². The summed E-state index contributed by atoms with van der Waals surface area (Å²) in [6.45, 7) is 5.09. The van der Waals surface area contributed by atoms with Crippen LogP contribution in [0.25, 0.3) is 0 Å². The van der Waals surface area contributed by atoms with Crippen molar-refractivity contribution in [2.75, 3.05) is 33.3 Å².